The second-order valence-electron chi connectivity index (χ2n) is 6.54. The number of anilines is 3. The highest BCUT2D eigenvalue weighted by Crippen LogP contribution is 2.24. The van der Waals surface area contributed by atoms with Gasteiger partial charge in [-0.05, 0) is 71.9 Å². The molecule has 3 aromatic carbocycles. The van der Waals surface area contributed by atoms with E-state index >= 15 is 0 Å². The summed E-state index contributed by atoms with van der Waals surface area (Å²) in [5, 5.41) is 17.7. The van der Waals surface area contributed by atoms with Crippen LogP contribution in [0.3, 0.4) is 0 Å². The predicted molar refractivity (Wildman–Crippen MR) is 115 cm³/mol. The van der Waals surface area contributed by atoms with Crippen LogP contribution in [0.15, 0.2) is 72.8 Å². The van der Waals surface area contributed by atoms with Crippen LogP contribution in [0.4, 0.5) is 17.1 Å². The molecular weight excluding hydrogens is 380 g/mol. The number of carbonyl (C=O) groups excluding carboxylic acids is 1. The third kappa shape index (κ3) is 4.12. The van der Waals surface area contributed by atoms with Crippen LogP contribution in [0.25, 0.3) is 5.69 Å². The Labute approximate surface area is 173 Å². The Morgan fingerprint density at radius 3 is 2.50 bits per heavy atom. The number of hydrogen-bond donors (Lipinski definition) is 2. The molecule has 30 heavy (non-hydrogen) atoms. The van der Waals surface area contributed by atoms with Gasteiger partial charge in [0.05, 0.1) is 24.0 Å². The first kappa shape index (κ1) is 19.1. The molecule has 1 amide bonds. The van der Waals surface area contributed by atoms with E-state index in [9.17, 15) is 4.79 Å². The van der Waals surface area contributed by atoms with Gasteiger partial charge >= 0.3 is 0 Å². The lowest BCUT2D eigenvalue weighted by Crippen LogP contribution is -2.14. The number of carbonyl (C=O) groups is 1. The summed E-state index contributed by atoms with van der Waals surface area (Å²) in [4.78, 5) is 13.0. The number of hydrogen-bond acceptors (Lipinski definition) is 6. The predicted octanol–water partition coefficient (Wildman–Crippen LogP) is 3.98. The van der Waals surface area contributed by atoms with Crippen molar-refractivity contribution in [1.82, 2.24) is 20.2 Å². The molecule has 0 unspecified atom stereocenters. The average molecular weight is 400 g/mol. The molecule has 0 aliphatic heterocycles. The number of rotatable bonds is 6. The van der Waals surface area contributed by atoms with Crippen LogP contribution in [-0.2, 0) is 0 Å². The number of nitrogens with one attached hydrogen (secondary N) is 2. The number of tetrazole rings is 1. The lowest BCUT2D eigenvalue weighted by molar-refractivity contribution is 0.102. The van der Waals surface area contributed by atoms with Gasteiger partial charge in [-0.1, -0.05) is 18.2 Å². The van der Waals surface area contributed by atoms with Crippen LogP contribution in [0, 0.1) is 6.92 Å². The van der Waals surface area contributed by atoms with E-state index in [1.54, 1.807) is 17.9 Å². The molecule has 1 aromatic heterocycles. The van der Waals surface area contributed by atoms with E-state index in [0.29, 0.717) is 22.8 Å². The Morgan fingerprint density at radius 2 is 1.77 bits per heavy atom. The summed E-state index contributed by atoms with van der Waals surface area (Å²) < 4.78 is 6.79. The molecule has 0 atom stereocenters. The minimum Gasteiger partial charge on any atom is -0.497 e. The van der Waals surface area contributed by atoms with E-state index in [4.69, 9.17) is 4.74 Å². The first-order chi connectivity index (χ1) is 14.6. The summed E-state index contributed by atoms with van der Waals surface area (Å²) in [5.41, 5.74) is 3.49. The van der Waals surface area contributed by atoms with Gasteiger partial charge in [0.15, 0.2) is 5.82 Å². The van der Waals surface area contributed by atoms with E-state index in [1.165, 1.54) is 0 Å². The third-order valence-corrected chi connectivity index (χ3v) is 4.51. The van der Waals surface area contributed by atoms with Gasteiger partial charge in [0.1, 0.15) is 5.75 Å². The zero-order chi connectivity index (χ0) is 20.9. The lowest BCUT2D eigenvalue weighted by Gasteiger charge is -2.13. The molecule has 0 aliphatic rings. The van der Waals surface area contributed by atoms with Gasteiger partial charge in [0, 0.05) is 11.4 Å². The summed E-state index contributed by atoms with van der Waals surface area (Å²) >= 11 is 0. The second-order valence-corrected chi connectivity index (χ2v) is 6.54. The van der Waals surface area contributed by atoms with E-state index in [-0.39, 0.29) is 5.91 Å². The van der Waals surface area contributed by atoms with Gasteiger partial charge in [-0.15, -0.1) is 5.10 Å². The highest BCUT2D eigenvalue weighted by Gasteiger charge is 2.12. The first-order valence-corrected chi connectivity index (χ1v) is 9.31. The molecule has 150 valence electrons. The van der Waals surface area contributed by atoms with Crippen molar-refractivity contribution in [2.75, 3.05) is 17.7 Å². The number of ether oxygens (including phenoxy) is 1. The molecule has 2 N–H and O–H groups in total. The maximum atomic E-state index is 13.0. The molecule has 0 aliphatic carbocycles. The molecule has 0 radical (unpaired) electrons. The maximum Gasteiger partial charge on any atom is 0.257 e. The summed E-state index contributed by atoms with van der Waals surface area (Å²) in [7, 11) is 1.62. The van der Waals surface area contributed by atoms with Gasteiger partial charge in [-0.2, -0.15) is 4.68 Å². The quantitative estimate of drug-likeness (QED) is 0.509. The van der Waals surface area contributed by atoms with Crippen LogP contribution in [0.5, 0.6) is 5.75 Å². The molecule has 0 saturated heterocycles. The van der Waals surface area contributed by atoms with Crippen LogP contribution < -0.4 is 15.4 Å². The number of methoxy groups -OCH3 is 1. The van der Waals surface area contributed by atoms with E-state index in [0.717, 1.165) is 17.1 Å². The van der Waals surface area contributed by atoms with Crippen molar-refractivity contribution in [2.24, 2.45) is 0 Å². The molecule has 4 rings (SSSR count). The zero-order valence-electron chi connectivity index (χ0n) is 16.5. The first-order valence-electron chi connectivity index (χ1n) is 9.31. The van der Waals surface area contributed by atoms with Crippen molar-refractivity contribution in [3.05, 3.63) is 84.2 Å². The minimum atomic E-state index is -0.225. The second kappa shape index (κ2) is 8.44. The SMILES string of the molecule is COc1ccc(Nc2ccccc2C(=O)Nc2cccc(-n3nnnc3C)c2)cc1. The topological polar surface area (TPSA) is 94.0 Å². The number of aromatic nitrogens is 4. The fourth-order valence-electron chi connectivity index (χ4n) is 3.00. The Morgan fingerprint density at radius 1 is 0.967 bits per heavy atom. The molecule has 0 fully saturated rings. The van der Waals surface area contributed by atoms with E-state index in [2.05, 4.69) is 26.2 Å². The molecule has 4 aromatic rings. The van der Waals surface area contributed by atoms with Crippen molar-refractivity contribution in [3.8, 4) is 11.4 Å². The Kier molecular flexibility index (Phi) is 5.38. The number of benzene rings is 3. The third-order valence-electron chi connectivity index (χ3n) is 4.51. The molecule has 0 saturated carbocycles. The zero-order valence-corrected chi connectivity index (χ0v) is 16.5. The van der Waals surface area contributed by atoms with Gasteiger partial charge < -0.3 is 15.4 Å². The fraction of sp³-hybridized carbons (Fsp3) is 0.0909. The molecule has 8 heteroatoms. The Bertz CT molecular complexity index is 1170. The molecular formula is C22H20N6O2. The standard InChI is InChI=1S/C22H20N6O2/c1-15-25-26-27-28(15)18-7-5-6-17(14-18)24-22(29)20-8-3-4-9-21(20)23-16-10-12-19(30-2)13-11-16/h3-14,23H,1-2H3,(H,24,29). The van der Waals surface area contributed by atoms with Crippen LogP contribution in [-0.4, -0.2) is 33.2 Å². The molecule has 0 bridgehead atoms. The highest BCUT2D eigenvalue weighted by molar-refractivity contribution is 6.08. The number of nitrogens with zero attached hydrogens (tertiary/aromatic N) is 4. The minimum absolute atomic E-state index is 0.225. The van der Waals surface area contributed by atoms with Crippen molar-refractivity contribution in [3.63, 3.8) is 0 Å². The van der Waals surface area contributed by atoms with Crippen molar-refractivity contribution >= 4 is 23.0 Å². The molecule has 1 heterocycles. The number of para-hydroxylation sites is 1. The highest BCUT2D eigenvalue weighted by atomic mass is 16.5. The molecule has 8 nitrogen and oxygen atoms in total. The van der Waals surface area contributed by atoms with Crippen LogP contribution in [0.2, 0.25) is 0 Å². The van der Waals surface area contributed by atoms with Gasteiger partial charge in [0.25, 0.3) is 5.91 Å². The summed E-state index contributed by atoms with van der Waals surface area (Å²) in [6.45, 7) is 1.81. The van der Waals surface area contributed by atoms with Gasteiger partial charge in [-0.25, -0.2) is 0 Å². The smallest absolute Gasteiger partial charge is 0.257 e. The average Bonchev–Trinajstić information content (AvgIpc) is 3.21. The largest absolute Gasteiger partial charge is 0.497 e. The number of aryl methyl sites for hydroxylation is 1. The van der Waals surface area contributed by atoms with E-state index in [1.807, 2.05) is 73.7 Å². The van der Waals surface area contributed by atoms with E-state index < -0.39 is 0 Å². The Balaban J connectivity index is 1.55. The van der Waals surface area contributed by atoms with Gasteiger partial charge in [0.2, 0.25) is 0 Å². The summed E-state index contributed by atoms with van der Waals surface area (Å²) in [6.07, 6.45) is 0. The Hall–Kier alpha value is -4.20. The lowest BCUT2D eigenvalue weighted by atomic mass is 10.1. The normalized spacial score (nSPS) is 10.5. The maximum absolute atomic E-state index is 13.0. The van der Waals surface area contributed by atoms with Crippen molar-refractivity contribution in [1.29, 1.82) is 0 Å². The van der Waals surface area contributed by atoms with Crippen molar-refractivity contribution in [2.45, 2.75) is 6.92 Å². The fourth-order valence-corrected chi connectivity index (χ4v) is 3.00. The van der Waals surface area contributed by atoms with Crippen LogP contribution in [0.1, 0.15) is 16.2 Å². The summed E-state index contributed by atoms with van der Waals surface area (Å²) in [6, 6.07) is 22.2. The monoisotopic (exact) mass is 400 g/mol. The number of amides is 1. The van der Waals surface area contributed by atoms with Gasteiger partial charge in [-0.3, -0.25) is 4.79 Å². The van der Waals surface area contributed by atoms with Crippen LogP contribution >= 0.6 is 0 Å². The molecule has 0 spiro atoms. The van der Waals surface area contributed by atoms with Crippen molar-refractivity contribution < 1.29 is 9.53 Å². The summed E-state index contributed by atoms with van der Waals surface area (Å²) in [5.74, 6) is 1.20.